The summed E-state index contributed by atoms with van der Waals surface area (Å²) in [6.45, 7) is 1.38. The number of piperidine rings is 1. The van der Waals surface area contributed by atoms with E-state index < -0.39 is 5.60 Å². The number of nitrogens with one attached hydrogen (secondary N) is 1. The van der Waals surface area contributed by atoms with Crippen molar-refractivity contribution < 1.29 is 5.11 Å². The number of nitrogens with zero attached hydrogens (tertiary/aromatic N) is 3. The van der Waals surface area contributed by atoms with Gasteiger partial charge in [0.25, 0.3) is 0 Å². The Balaban J connectivity index is 1.52. The van der Waals surface area contributed by atoms with E-state index in [0.717, 1.165) is 16.9 Å². The molecule has 3 heterocycles. The molecule has 1 fully saturated rings. The normalized spacial score (nSPS) is 16.0. The predicted molar refractivity (Wildman–Crippen MR) is 111 cm³/mol. The minimum absolute atomic E-state index is 0.382. The topological polar surface area (TPSA) is 99.1 Å². The van der Waals surface area contributed by atoms with Crippen LogP contribution in [0.2, 0.25) is 0 Å². The van der Waals surface area contributed by atoms with Gasteiger partial charge in [-0.05, 0) is 48.7 Å². The Morgan fingerprint density at radius 1 is 1.04 bits per heavy atom. The zero-order valence-electron chi connectivity index (χ0n) is 15.5. The van der Waals surface area contributed by atoms with Crippen molar-refractivity contribution in [2.75, 3.05) is 23.7 Å². The van der Waals surface area contributed by atoms with Crippen molar-refractivity contribution in [3.63, 3.8) is 0 Å². The molecule has 0 atom stereocenters. The van der Waals surface area contributed by atoms with Gasteiger partial charge in [0.05, 0.1) is 11.3 Å². The maximum atomic E-state index is 11.0. The third-order valence-corrected chi connectivity index (χ3v) is 5.40. The molecule has 0 spiro atoms. The van der Waals surface area contributed by atoms with Crippen LogP contribution in [0, 0.1) is 5.41 Å². The molecule has 0 amide bonds. The first-order chi connectivity index (χ1) is 13.6. The molecule has 1 aromatic carbocycles. The van der Waals surface area contributed by atoms with Gasteiger partial charge in [-0.2, -0.15) is 0 Å². The summed E-state index contributed by atoms with van der Waals surface area (Å²) in [6.07, 6.45) is 6.39. The highest BCUT2D eigenvalue weighted by Crippen LogP contribution is 2.34. The Bertz CT molecular complexity index is 981. The van der Waals surface area contributed by atoms with Gasteiger partial charge in [0.1, 0.15) is 5.82 Å². The zero-order valence-corrected chi connectivity index (χ0v) is 15.5. The monoisotopic (exact) mass is 373 g/mol. The van der Waals surface area contributed by atoms with Gasteiger partial charge < -0.3 is 15.7 Å². The Morgan fingerprint density at radius 3 is 2.46 bits per heavy atom. The molecule has 142 valence electrons. The largest absolute Gasteiger partial charge is 0.398 e. The van der Waals surface area contributed by atoms with Crippen LogP contribution in [0.1, 0.15) is 29.5 Å². The molecule has 1 aliphatic rings. The van der Waals surface area contributed by atoms with E-state index in [2.05, 4.69) is 14.9 Å². The number of hydrogen-bond acceptors (Lipinski definition) is 6. The van der Waals surface area contributed by atoms with E-state index in [-0.39, 0.29) is 0 Å². The molecule has 28 heavy (non-hydrogen) atoms. The number of nitrogen functional groups attached to an aromatic ring is 1. The second-order valence-electron chi connectivity index (χ2n) is 7.12. The van der Waals surface area contributed by atoms with Gasteiger partial charge in [-0.25, -0.2) is 4.98 Å². The summed E-state index contributed by atoms with van der Waals surface area (Å²) >= 11 is 0. The lowest BCUT2D eigenvalue weighted by Gasteiger charge is -2.39. The number of para-hydroxylation sites is 1. The molecule has 0 unspecified atom stereocenters. The first kappa shape index (κ1) is 18.1. The number of nitrogens with two attached hydrogens (primary N) is 1. The highest BCUT2D eigenvalue weighted by Gasteiger charge is 2.34. The van der Waals surface area contributed by atoms with Gasteiger partial charge in [-0.1, -0.05) is 18.2 Å². The molecule has 0 radical (unpaired) electrons. The molecular formula is C22H23N5O. The van der Waals surface area contributed by atoms with Crippen molar-refractivity contribution in [3.8, 4) is 0 Å². The van der Waals surface area contributed by atoms with Crippen LogP contribution in [-0.4, -0.2) is 33.9 Å². The fourth-order valence-corrected chi connectivity index (χ4v) is 3.68. The fourth-order valence-electron chi connectivity index (χ4n) is 3.68. The van der Waals surface area contributed by atoms with Crippen LogP contribution < -0.4 is 10.6 Å². The summed E-state index contributed by atoms with van der Waals surface area (Å²) in [6, 6.07) is 14.9. The average Bonchev–Trinajstić information content (AvgIpc) is 2.75. The Morgan fingerprint density at radius 2 is 1.75 bits per heavy atom. The molecule has 0 bridgehead atoms. The average molecular weight is 373 g/mol. The van der Waals surface area contributed by atoms with Gasteiger partial charge in [0.15, 0.2) is 0 Å². The predicted octanol–water partition coefficient (Wildman–Crippen LogP) is 2.96. The van der Waals surface area contributed by atoms with Crippen LogP contribution >= 0.6 is 0 Å². The molecule has 0 aliphatic carbocycles. The number of aliphatic hydroxyl groups is 1. The van der Waals surface area contributed by atoms with Crippen LogP contribution in [0.3, 0.4) is 0 Å². The van der Waals surface area contributed by atoms with E-state index in [1.165, 1.54) is 0 Å². The highest BCUT2D eigenvalue weighted by atomic mass is 16.3. The van der Waals surface area contributed by atoms with Gasteiger partial charge >= 0.3 is 0 Å². The molecule has 6 nitrogen and oxygen atoms in total. The summed E-state index contributed by atoms with van der Waals surface area (Å²) in [5.41, 5.74) is 8.56. The third kappa shape index (κ3) is 3.46. The van der Waals surface area contributed by atoms with Crippen LogP contribution in [0.5, 0.6) is 0 Å². The van der Waals surface area contributed by atoms with Crippen LogP contribution in [0.25, 0.3) is 0 Å². The molecular weight excluding hydrogens is 350 g/mol. The SMILES string of the molecule is N=C(c1ccnc(N2CCC(O)(c3ccncc3)CC2)c1)c1ccccc1N. The smallest absolute Gasteiger partial charge is 0.129 e. The molecule has 1 aliphatic heterocycles. The van der Waals surface area contributed by atoms with E-state index in [1.54, 1.807) is 24.7 Å². The molecule has 0 saturated carbocycles. The highest BCUT2D eigenvalue weighted by molar-refractivity contribution is 6.14. The number of pyridine rings is 2. The quantitative estimate of drug-likeness (QED) is 0.482. The molecule has 4 rings (SSSR count). The summed E-state index contributed by atoms with van der Waals surface area (Å²) in [5.74, 6) is 0.813. The third-order valence-electron chi connectivity index (χ3n) is 5.40. The Kier molecular flexibility index (Phi) is 4.79. The number of anilines is 2. The molecule has 1 saturated heterocycles. The minimum Gasteiger partial charge on any atom is -0.398 e. The standard InChI is InChI=1S/C22H23N5O/c23-19-4-2-1-3-18(19)21(24)16-5-12-26-20(15-16)27-13-8-22(28,9-14-27)17-6-10-25-11-7-17/h1-7,10-12,15,24,28H,8-9,13-14,23H2. The number of rotatable bonds is 4. The maximum Gasteiger partial charge on any atom is 0.129 e. The van der Waals surface area contributed by atoms with Crippen molar-refractivity contribution in [1.29, 1.82) is 5.41 Å². The van der Waals surface area contributed by atoms with Gasteiger partial charge in [-0.3, -0.25) is 10.4 Å². The van der Waals surface area contributed by atoms with E-state index in [0.29, 0.717) is 42.9 Å². The van der Waals surface area contributed by atoms with Crippen LogP contribution in [-0.2, 0) is 5.60 Å². The zero-order chi connectivity index (χ0) is 19.6. The van der Waals surface area contributed by atoms with Crippen molar-refractivity contribution in [3.05, 3.63) is 83.8 Å². The summed E-state index contributed by atoms with van der Waals surface area (Å²) in [4.78, 5) is 10.7. The van der Waals surface area contributed by atoms with Gasteiger partial charge in [0, 0.05) is 48.5 Å². The van der Waals surface area contributed by atoms with E-state index in [9.17, 15) is 5.11 Å². The van der Waals surface area contributed by atoms with Gasteiger partial charge in [-0.15, -0.1) is 0 Å². The first-order valence-electron chi connectivity index (χ1n) is 9.34. The van der Waals surface area contributed by atoms with Crippen molar-refractivity contribution in [2.24, 2.45) is 0 Å². The second-order valence-corrected chi connectivity index (χ2v) is 7.12. The van der Waals surface area contributed by atoms with Gasteiger partial charge in [0.2, 0.25) is 0 Å². The summed E-state index contributed by atoms with van der Waals surface area (Å²) in [5, 5.41) is 19.5. The molecule has 4 N–H and O–H groups in total. The Labute approximate surface area is 164 Å². The van der Waals surface area contributed by atoms with Crippen LogP contribution in [0.4, 0.5) is 11.5 Å². The van der Waals surface area contributed by atoms with E-state index in [4.69, 9.17) is 11.1 Å². The van der Waals surface area contributed by atoms with E-state index >= 15 is 0 Å². The lowest BCUT2D eigenvalue weighted by atomic mass is 9.85. The minimum atomic E-state index is -0.831. The van der Waals surface area contributed by atoms with Crippen LogP contribution in [0.15, 0.2) is 67.1 Å². The van der Waals surface area contributed by atoms with E-state index in [1.807, 2.05) is 42.5 Å². The number of benzene rings is 1. The number of aromatic nitrogens is 2. The fraction of sp³-hybridized carbons (Fsp3) is 0.227. The Hall–Kier alpha value is -3.25. The first-order valence-corrected chi connectivity index (χ1v) is 9.34. The lowest BCUT2D eigenvalue weighted by molar-refractivity contribution is 0.0116. The molecule has 2 aromatic heterocycles. The summed E-state index contributed by atoms with van der Waals surface area (Å²) in [7, 11) is 0. The second kappa shape index (κ2) is 7.40. The lowest BCUT2D eigenvalue weighted by Crippen LogP contribution is -2.43. The molecule has 6 heteroatoms. The summed E-state index contributed by atoms with van der Waals surface area (Å²) < 4.78 is 0. The maximum absolute atomic E-state index is 11.0. The molecule has 3 aromatic rings. The van der Waals surface area contributed by atoms with Crippen molar-refractivity contribution >= 4 is 17.2 Å². The van der Waals surface area contributed by atoms with Crippen molar-refractivity contribution in [1.82, 2.24) is 9.97 Å². The number of hydrogen-bond donors (Lipinski definition) is 3. The van der Waals surface area contributed by atoms with Crippen molar-refractivity contribution in [2.45, 2.75) is 18.4 Å².